The molecule has 112 valence electrons. The number of nitrogens with one attached hydrogen (secondary N) is 1. The molecule has 0 aliphatic rings. The maximum Gasteiger partial charge on any atom is 0.134 e. The summed E-state index contributed by atoms with van der Waals surface area (Å²) in [7, 11) is 2.95. The van der Waals surface area contributed by atoms with Crippen molar-refractivity contribution in [2.24, 2.45) is 0 Å². The molecule has 0 radical (unpaired) electrons. The van der Waals surface area contributed by atoms with Crippen LogP contribution in [0.25, 0.3) is 0 Å². The predicted octanol–water partition coefficient (Wildman–Crippen LogP) is 4.59. The normalized spacial score (nSPS) is 12.3. The van der Waals surface area contributed by atoms with E-state index < -0.39 is 17.7 Å². The van der Waals surface area contributed by atoms with Gasteiger partial charge >= 0.3 is 0 Å². The van der Waals surface area contributed by atoms with Gasteiger partial charge in [0, 0.05) is 27.7 Å². The first kappa shape index (κ1) is 16.0. The molecule has 0 aromatic heterocycles. The molecule has 0 bridgehead atoms. The lowest BCUT2D eigenvalue weighted by molar-refractivity contribution is 0.403. The quantitative estimate of drug-likeness (QED) is 0.884. The Balaban J connectivity index is 2.56. The van der Waals surface area contributed by atoms with Gasteiger partial charge in [0.05, 0.1) is 13.2 Å². The van der Waals surface area contributed by atoms with Crippen LogP contribution in [0.1, 0.15) is 17.2 Å². The number of ether oxygens (including phenoxy) is 1. The smallest absolute Gasteiger partial charge is 0.134 e. The molecule has 0 saturated heterocycles. The van der Waals surface area contributed by atoms with Crippen LogP contribution in [0, 0.1) is 11.6 Å². The first-order valence-corrected chi connectivity index (χ1v) is 6.88. The third kappa shape index (κ3) is 3.46. The van der Waals surface area contributed by atoms with Gasteiger partial charge in [0.15, 0.2) is 0 Å². The molecule has 1 unspecified atom stereocenters. The second kappa shape index (κ2) is 6.60. The maximum absolute atomic E-state index is 14.2. The second-order valence-electron chi connectivity index (χ2n) is 4.43. The van der Waals surface area contributed by atoms with Crippen molar-refractivity contribution in [1.29, 1.82) is 0 Å². The lowest BCUT2D eigenvalue weighted by Crippen LogP contribution is -2.20. The van der Waals surface area contributed by atoms with E-state index in [-0.39, 0.29) is 11.3 Å². The monoisotopic (exact) mass is 331 g/mol. The number of benzene rings is 2. The van der Waals surface area contributed by atoms with Gasteiger partial charge in [-0.25, -0.2) is 8.78 Å². The number of hydrogen-bond donors (Lipinski definition) is 1. The first-order valence-electron chi connectivity index (χ1n) is 6.12. The Morgan fingerprint density at radius 3 is 1.95 bits per heavy atom. The highest BCUT2D eigenvalue weighted by atomic mass is 35.5. The summed E-state index contributed by atoms with van der Waals surface area (Å²) in [5.74, 6) is -1.29. The van der Waals surface area contributed by atoms with Gasteiger partial charge in [-0.15, -0.1) is 0 Å². The summed E-state index contributed by atoms with van der Waals surface area (Å²) in [6, 6.07) is 6.33. The molecule has 0 amide bonds. The van der Waals surface area contributed by atoms with Crippen LogP contribution in [0.2, 0.25) is 10.0 Å². The topological polar surface area (TPSA) is 21.3 Å². The van der Waals surface area contributed by atoms with Crippen molar-refractivity contribution < 1.29 is 13.5 Å². The minimum Gasteiger partial charge on any atom is -0.497 e. The van der Waals surface area contributed by atoms with E-state index in [9.17, 15) is 8.78 Å². The van der Waals surface area contributed by atoms with Gasteiger partial charge in [0.1, 0.15) is 17.4 Å². The Bertz CT molecular complexity index is 621. The molecule has 2 aromatic rings. The molecule has 0 aliphatic heterocycles. The average Bonchev–Trinajstić information content (AvgIpc) is 2.41. The molecule has 6 heteroatoms. The summed E-state index contributed by atoms with van der Waals surface area (Å²) < 4.78 is 33.2. The van der Waals surface area contributed by atoms with Crippen molar-refractivity contribution in [3.8, 4) is 5.75 Å². The molecular formula is C15H13Cl2F2NO. The van der Waals surface area contributed by atoms with Crippen LogP contribution >= 0.6 is 23.2 Å². The molecule has 1 N–H and O–H groups in total. The van der Waals surface area contributed by atoms with E-state index in [0.29, 0.717) is 15.6 Å². The van der Waals surface area contributed by atoms with Crippen LogP contribution in [-0.4, -0.2) is 14.2 Å². The van der Waals surface area contributed by atoms with Crippen LogP contribution < -0.4 is 10.1 Å². The van der Waals surface area contributed by atoms with E-state index in [1.165, 1.54) is 7.11 Å². The lowest BCUT2D eigenvalue weighted by Gasteiger charge is -2.19. The number of halogens is 4. The molecule has 0 fully saturated rings. The summed E-state index contributed by atoms with van der Waals surface area (Å²) >= 11 is 11.9. The van der Waals surface area contributed by atoms with E-state index in [4.69, 9.17) is 27.9 Å². The molecule has 2 aromatic carbocycles. The van der Waals surface area contributed by atoms with Gasteiger partial charge in [-0.3, -0.25) is 0 Å². The second-order valence-corrected chi connectivity index (χ2v) is 5.30. The largest absolute Gasteiger partial charge is 0.497 e. The zero-order valence-electron chi connectivity index (χ0n) is 11.4. The average molecular weight is 332 g/mol. The fraction of sp³-hybridized carbons (Fsp3) is 0.200. The van der Waals surface area contributed by atoms with E-state index in [1.807, 2.05) is 0 Å². The summed E-state index contributed by atoms with van der Waals surface area (Å²) in [5, 5.41) is 3.66. The van der Waals surface area contributed by atoms with E-state index in [0.717, 1.165) is 12.1 Å². The Morgan fingerprint density at radius 2 is 1.52 bits per heavy atom. The molecule has 0 heterocycles. The Kier molecular flexibility index (Phi) is 5.04. The Hall–Kier alpha value is -1.36. The van der Waals surface area contributed by atoms with Crippen molar-refractivity contribution in [3.63, 3.8) is 0 Å². The number of hydrogen-bond acceptors (Lipinski definition) is 2. The third-order valence-corrected chi connectivity index (χ3v) is 3.52. The molecule has 1 atom stereocenters. The lowest BCUT2D eigenvalue weighted by atomic mass is 9.97. The highest BCUT2D eigenvalue weighted by Gasteiger charge is 2.22. The molecule has 0 saturated carbocycles. The van der Waals surface area contributed by atoms with Crippen molar-refractivity contribution in [1.82, 2.24) is 5.32 Å². The van der Waals surface area contributed by atoms with Gasteiger partial charge in [-0.1, -0.05) is 23.2 Å². The van der Waals surface area contributed by atoms with Gasteiger partial charge in [-0.2, -0.15) is 0 Å². The fourth-order valence-electron chi connectivity index (χ4n) is 2.17. The summed E-state index contributed by atoms with van der Waals surface area (Å²) in [4.78, 5) is 0. The number of rotatable bonds is 4. The van der Waals surface area contributed by atoms with Crippen LogP contribution in [-0.2, 0) is 0 Å². The summed E-state index contributed by atoms with van der Waals surface area (Å²) in [6.45, 7) is 0. The Morgan fingerprint density at radius 1 is 1.00 bits per heavy atom. The van der Waals surface area contributed by atoms with Crippen molar-refractivity contribution in [3.05, 3.63) is 63.1 Å². The molecule has 2 nitrogen and oxygen atoms in total. The highest BCUT2D eigenvalue weighted by molar-refractivity contribution is 6.34. The SMILES string of the molecule is CNC(c1cc(Cl)cc(Cl)c1)c1c(F)cc(OC)cc1F. The van der Waals surface area contributed by atoms with E-state index >= 15 is 0 Å². The van der Waals surface area contributed by atoms with Crippen LogP contribution in [0.15, 0.2) is 30.3 Å². The van der Waals surface area contributed by atoms with E-state index in [2.05, 4.69) is 5.32 Å². The van der Waals surface area contributed by atoms with Crippen LogP contribution in [0.4, 0.5) is 8.78 Å². The van der Waals surface area contributed by atoms with Crippen molar-refractivity contribution >= 4 is 23.2 Å². The Labute approximate surface area is 131 Å². The van der Waals surface area contributed by atoms with E-state index in [1.54, 1.807) is 25.2 Å². The minimum absolute atomic E-state index is 0.114. The van der Waals surface area contributed by atoms with Crippen molar-refractivity contribution in [2.75, 3.05) is 14.2 Å². The minimum atomic E-state index is -0.716. The van der Waals surface area contributed by atoms with Gasteiger partial charge in [0.25, 0.3) is 0 Å². The van der Waals surface area contributed by atoms with Gasteiger partial charge < -0.3 is 10.1 Å². The molecule has 21 heavy (non-hydrogen) atoms. The summed E-state index contributed by atoms with van der Waals surface area (Å²) in [5.41, 5.74) is 0.453. The van der Waals surface area contributed by atoms with Crippen LogP contribution in [0.5, 0.6) is 5.75 Å². The molecule has 0 spiro atoms. The third-order valence-electron chi connectivity index (χ3n) is 3.08. The zero-order valence-corrected chi connectivity index (χ0v) is 12.9. The summed E-state index contributed by atoms with van der Waals surface area (Å²) in [6.07, 6.45) is 0. The number of methoxy groups -OCH3 is 1. The zero-order chi connectivity index (χ0) is 15.6. The maximum atomic E-state index is 14.2. The first-order chi connectivity index (χ1) is 9.96. The molecule has 0 aliphatic carbocycles. The van der Waals surface area contributed by atoms with Gasteiger partial charge in [-0.05, 0) is 30.8 Å². The molecule has 2 rings (SSSR count). The molecular weight excluding hydrogens is 319 g/mol. The van der Waals surface area contributed by atoms with Gasteiger partial charge in [0.2, 0.25) is 0 Å². The standard InChI is InChI=1S/C15H13Cl2F2NO/c1-20-15(8-3-9(16)5-10(17)4-8)14-12(18)6-11(21-2)7-13(14)19/h3-7,15,20H,1-2H3. The highest BCUT2D eigenvalue weighted by Crippen LogP contribution is 2.32. The fourth-order valence-corrected chi connectivity index (χ4v) is 2.72. The van der Waals surface area contributed by atoms with Crippen molar-refractivity contribution in [2.45, 2.75) is 6.04 Å². The van der Waals surface area contributed by atoms with Crippen LogP contribution in [0.3, 0.4) is 0 Å². The predicted molar refractivity (Wildman–Crippen MR) is 80.3 cm³/mol.